The van der Waals surface area contributed by atoms with Crippen LogP contribution in [0, 0.1) is 6.92 Å². The summed E-state index contributed by atoms with van der Waals surface area (Å²) in [7, 11) is 0. The average Bonchev–Trinajstić information content (AvgIpc) is 3.35. The summed E-state index contributed by atoms with van der Waals surface area (Å²) in [4.78, 5) is 4.46. The summed E-state index contributed by atoms with van der Waals surface area (Å²) in [5.74, 6) is 0. The molecule has 0 spiro atoms. The van der Waals surface area contributed by atoms with E-state index in [-0.39, 0.29) is 6.04 Å². The van der Waals surface area contributed by atoms with Crippen molar-refractivity contribution in [3.63, 3.8) is 0 Å². The fraction of sp³-hybridized carbons (Fsp3) is 0.0968. The second-order valence-corrected chi connectivity index (χ2v) is 9.52. The molecule has 36 heavy (non-hydrogen) atoms. The predicted octanol–water partition coefficient (Wildman–Crippen LogP) is 8.30. The van der Waals surface area contributed by atoms with E-state index in [0.717, 1.165) is 40.1 Å². The lowest BCUT2D eigenvalue weighted by Crippen LogP contribution is -2.18. The molecule has 1 N–H and O–H groups in total. The topological polar surface area (TPSA) is 40.5 Å². The fourth-order valence-corrected chi connectivity index (χ4v) is 4.88. The van der Waals surface area contributed by atoms with Crippen LogP contribution in [0.1, 0.15) is 29.2 Å². The molecule has 6 rings (SSSR count). The summed E-state index contributed by atoms with van der Waals surface area (Å²) in [6, 6.07) is 35.5. The SMILES string of the molecule is Cc1ccc(C2=NN(c3ccccc3)C(c3cccc(Nc4ccnc5cc(Cl)ccc45)c3)C2)cc1. The minimum Gasteiger partial charge on any atom is -0.355 e. The first-order valence-electron chi connectivity index (χ1n) is 12.0. The van der Waals surface area contributed by atoms with Crippen LogP contribution in [-0.4, -0.2) is 10.7 Å². The molecule has 4 aromatic carbocycles. The number of rotatable bonds is 5. The molecule has 1 unspecified atom stereocenters. The number of hydrogen-bond donors (Lipinski definition) is 1. The zero-order valence-electron chi connectivity index (χ0n) is 19.9. The third-order valence-electron chi connectivity index (χ3n) is 6.57. The third-order valence-corrected chi connectivity index (χ3v) is 6.81. The summed E-state index contributed by atoms with van der Waals surface area (Å²) in [6.45, 7) is 2.11. The number of nitrogens with one attached hydrogen (secondary N) is 1. The quantitative estimate of drug-likeness (QED) is 0.270. The van der Waals surface area contributed by atoms with Crippen molar-refractivity contribution in [2.75, 3.05) is 10.3 Å². The van der Waals surface area contributed by atoms with Gasteiger partial charge in [-0.05, 0) is 66.6 Å². The molecule has 1 aliphatic heterocycles. The molecule has 2 heterocycles. The van der Waals surface area contributed by atoms with Crippen LogP contribution in [0.3, 0.4) is 0 Å². The van der Waals surface area contributed by atoms with Crippen LogP contribution in [0.15, 0.2) is 114 Å². The summed E-state index contributed by atoms with van der Waals surface area (Å²) in [6.07, 6.45) is 2.64. The van der Waals surface area contributed by atoms with E-state index in [0.29, 0.717) is 5.02 Å². The van der Waals surface area contributed by atoms with Gasteiger partial charge in [-0.3, -0.25) is 9.99 Å². The van der Waals surface area contributed by atoms with Gasteiger partial charge in [-0.15, -0.1) is 0 Å². The second-order valence-electron chi connectivity index (χ2n) is 9.08. The van der Waals surface area contributed by atoms with E-state index < -0.39 is 0 Å². The highest BCUT2D eigenvalue weighted by molar-refractivity contribution is 6.31. The van der Waals surface area contributed by atoms with E-state index in [4.69, 9.17) is 16.7 Å². The lowest BCUT2D eigenvalue weighted by molar-refractivity contribution is 0.709. The van der Waals surface area contributed by atoms with E-state index in [9.17, 15) is 0 Å². The van der Waals surface area contributed by atoms with E-state index in [1.54, 1.807) is 6.20 Å². The van der Waals surface area contributed by atoms with Crippen molar-refractivity contribution in [2.24, 2.45) is 5.10 Å². The Morgan fingerprint density at radius 3 is 2.53 bits per heavy atom. The average molecular weight is 489 g/mol. The maximum Gasteiger partial charge on any atom is 0.0832 e. The van der Waals surface area contributed by atoms with E-state index in [1.165, 1.54) is 16.7 Å². The van der Waals surface area contributed by atoms with E-state index in [1.807, 2.05) is 30.3 Å². The van der Waals surface area contributed by atoms with E-state index in [2.05, 4.69) is 95.0 Å². The standard InChI is InChI=1S/C31H25ClN4/c1-21-10-12-22(13-11-21)29-20-31(36(35-29)26-8-3-2-4-9-26)23-6-5-7-25(18-23)34-28-16-17-33-30-19-24(32)14-15-27(28)30/h2-19,31H,20H2,1H3,(H,33,34). The highest BCUT2D eigenvalue weighted by atomic mass is 35.5. The van der Waals surface area contributed by atoms with Crippen LogP contribution in [0.5, 0.6) is 0 Å². The number of aromatic nitrogens is 1. The molecular weight excluding hydrogens is 464 g/mol. The third kappa shape index (κ3) is 4.43. The summed E-state index contributed by atoms with van der Waals surface area (Å²) >= 11 is 6.18. The fourth-order valence-electron chi connectivity index (χ4n) is 4.72. The van der Waals surface area contributed by atoms with Gasteiger partial charge in [-0.1, -0.05) is 71.8 Å². The molecule has 0 saturated carbocycles. The van der Waals surface area contributed by atoms with Gasteiger partial charge in [0.25, 0.3) is 0 Å². The number of nitrogens with zero attached hydrogens (tertiary/aromatic N) is 3. The molecule has 0 aliphatic carbocycles. The van der Waals surface area contributed by atoms with Gasteiger partial charge in [0.05, 0.1) is 23.0 Å². The van der Waals surface area contributed by atoms with Crippen molar-refractivity contribution < 1.29 is 0 Å². The lowest BCUT2D eigenvalue weighted by Gasteiger charge is -2.24. The maximum absolute atomic E-state index is 6.18. The number of fused-ring (bicyclic) bond motifs is 1. The Hall–Kier alpha value is -4.15. The van der Waals surface area contributed by atoms with Crippen LogP contribution < -0.4 is 10.3 Å². The zero-order valence-corrected chi connectivity index (χ0v) is 20.7. The number of aryl methyl sites for hydroxylation is 1. The Kier molecular flexibility index (Phi) is 5.88. The first-order chi connectivity index (χ1) is 17.6. The van der Waals surface area contributed by atoms with Gasteiger partial charge < -0.3 is 5.32 Å². The number of anilines is 3. The van der Waals surface area contributed by atoms with Crippen LogP contribution in [0.25, 0.3) is 10.9 Å². The van der Waals surface area contributed by atoms with Crippen molar-refractivity contribution >= 4 is 45.3 Å². The van der Waals surface area contributed by atoms with Crippen molar-refractivity contribution in [3.8, 4) is 0 Å². The van der Waals surface area contributed by atoms with Gasteiger partial charge in [-0.2, -0.15) is 5.10 Å². The molecule has 0 saturated heterocycles. The lowest BCUT2D eigenvalue weighted by atomic mass is 9.97. The summed E-state index contributed by atoms with van der Waals surface area (Å²) < 4.78 is 0. The molecular formula is C31H25ClN4. The van der Waals surface area contributed by atoms with Crippen LogP contribution in [0.2, 0.25) is 5.02 Å². The number of hydrazone groups is 1. The Morgan fingerprint density at radius 1 is 0.861 bits per heavy atom. The molecule has 1 atom stereocenters. The minimum absolute atomic E-state index is 0.0958. The molecule has 0 radical (unpaired) electrons. The highest BCUT2D eigenvalue weighted by Crippen LogP contribution is 2.38. The summed E-state index contributed by atoms with van der Waals surface area (Å²) in [5, 5.41) is 12.5. The normalized spacial score (nSPS) is 15.2. The first-order valence-corrected chi connectivity index (χ1v) is 12.4. The van der Waals surface area contributed by atoms with Crippen LogP contribution >= 0.6 is 11.6 Å². The van der Waals surface area contributed by atoms with E-state index >= 15 is 0 Å². The Bertz CT molecular complexity index is 1560. The van der Waals surface area contributed by atoms with Gasteiger partial charge in [0, 0.05) is 34.4 Å². The molecule has 0 amide bonds. The Balaban J connectivity index is 1.34. The van der Waals surface area contributed by atoms with Crippen molar-refractivity contribution in [1.82, 2.24) is 4.98 Å². The molecule has 0 fully saturated rings. The molecule has 0 bridgehead atoms. The molecule has 1 aromatic heterocycles. The molecule has 4 nitrogen and oxygen atoms in total. The zero-order chi connectivity index (χ0) is 24.5. The second kappa shape index (κ2) is 9.48. The van der Waals surface area contributed by atoms with Crippen molar-refractivity contribution in [3.05, 3.63) is 131 Å². The smallest absolute Gasteiger partial charge is 0.0832 e. The Labute approximate surface area is 215 Å². The number of hydrogen-bond acceptors (Lipinski definition) is 4. The largest absolute Gasteiger partial charge is 0.355 e. The number of benzene rings is 4. The minimum atomic E-state index is 0.0958. The number of pyridine rings is 1. The molecule has 5 heteroatoms. The van der Waals surface area contributed by atoms with Gasteiger partial charge in [0.2, 0.25) is 0 Å². The molecule has 5 aromatic rings. The first kappa shape index (κ1) is 22.3. The molecule has 1 aliphatic rings. The Morgan fingerprint density at radius 2 is 1.69 bits per heavy atom. The highest BCUT2D eigenvalue weighted by Gasteiger charge is 2.30. The molecule has 176 valence electrons. The van der Waals surface area contributed by atoms with Gasteiger partial charge in [0.1, 0.15) is 0 Å². The number of halogens is 1. The van der Waals surface area contributed by atoms with Crippen LogP contribution in [0.4, 0.5) is 17.1 Å². The van der Waals surface area contributed by atoms with Crippen molar-refractivity contribution in [2.45, 2.75) is 19.4 Å². The maximum atomic E-state index is 6.18. The van der Waals surface area contributed by atoms with Gasteiger partial charge >= 0.3 is 0 Å². The van der Waals surface area contributed by atoms with Crippen LogP contribution in [-0.2, 0) is 0 Å². The summed E-state index contributed by atoms with van der Waals surface area (Å²) in [5.41, 5.74) is 8.68. The number of para-hydroxylation sites is 1. The van der Waals surface area contributed by atoms with Crippen molar-refractivity contribution in [1.29, 1.82) is 0 Å². The predicted molar refractivity (Wildman–Crippen MR) is 150 cm³/mol. The van der Waals surface area contributed by atoms with Gasteiger partial charge in [-0.25, -0.2) is 0 Å². The van der Waals surface area contributed by atoms with Gasteiger partial charge in [0.15, 0.2) is 0 Å². The monoisotopic (exact) mass is 488 g/mol.